The maximum absolute atomic E-state index is 2.68. The second-order valence-electron chi connectivity index (χ2n) is 11.7. The van der Waals surface area contributed by atoms with E-state index in [2.05, 4.69) is 147 Å². The van der Waals surface area contributed by atoms with Gasteiger partial charge in [-0.25, -0.2) is 0 Å². The lowest BCUT2D eigenvalue weighted by molar-refractivity contribution is 1.22. The van der Waals surface area contributed by atoms with Crippen LogP contribution in [-0.2, 0) is 12.8 Å². The van der Waals surface area contributed by atoms with Gasteiger partial charge in [0.25, 0.3) is 0 Å². The Kier molecular flexibility index (Phi) is 5.52. The van der Waals surface area contributed by atoms with E-state index in [0.29, 0.717) is 0 Å². The smallest absolute Gasteiger partial charge is 0.0623 e. The van der Waals surface area contributed by atoms with Crippen molar-refractivity contribution >= 4 is 28.8 Å². The first-order chi connectivity index (χ1) is 20.2. The van der Waals surface area contributed by atoms with Crippen LogP contribution in [-0.4, -0.2) is 8.07 Å². The minimum Gasteiger partial charge on any atom is -0.0623 e. The van der Waals surface area contributed by atoms with Crippen molar-refractivity contribution in [1.29, 1.82) is 0 Å². The fourth-order valence-corrected chi connectivity index (χ4v) is 13.2. The predicted molar refractivity (Wildman–Crippen MR) is 176 cm³/mol. The molecule has 0 atom stereocenters. The molecule has 0 fully saturated rings. The van der Waals surface area contributed by atoms with Crippen LogP contribution >= 0.6 is 0 Å². The van der Waals surface area contributed by atoms with Gasteiger partial charge >= 0.3 is 0 Å². The molecule has 0 spiro atoms. The number of fused-ring (bicyclic) bond motifs is 6. The number of hydrogen-bond donors (Lipinski definition) is 0. The summed E-state index contributed by atoms with van der Waals surface area (Å²) in [6.45, 7) is 4.79. The van der Waals surface area contributed by atoms with Crippen molar-refractivity contribution in [3.63, 3.8) is 0 Å². The van der Waals surface area contributed by atoms with Crippen LogP contribution in [0.25, 0.3) is 22.3 Å². The summed E-state index contributed by atoms with van der Waals surface area (Å²) in [5.74, 6) is 0. The van der Waals surface area contributed by atoms with Gasteiger partial charge < -0.3 is 0 Å². The summed E-state index contributed by atoms with van der Waals surface area (Å²) in [7, 11) is -2.68. The van der Waals surface area contributed by atoms with Gasteiger partial charge in [-0.15, -0.1) is 0 Å². The Morgan fingerprint density at radius 2 is 0.780 bits per heavy atom. The lowest BCUT2D eigenvalue weighted by Gasteiger charge is -2.37. The van der Waals surface area contributed by atoms with E-state index >= 15 is 0 Å². The largest absolute Gasteiger partial charge is 0.180 e. The second kappa shape index (κ2) is 9.29. The zero-order chi connectivity index (χ0) is 27.6. The molecule has 0 saturated heterocycles. The van der Waals surface area contributed by atoms with Crippen LogP contribution in [0.1, 0.15) is 33.4 Å². The zero-order valence-electron chi connectivity index (χ0n) is 23.6. The summed E-state index contributed by atoms with van der Waals surface area (Å²) in [5, 5.41) is 5.92. The highest BCUT2D eigenvalue weighted by atomic mass is 28.3. The third-order valence-corrected chi connectivity index (χ3v) is 14.9. The summed E-state index contributed by atoms with van der Waals surface area (Å²) >= 11 is 0. The predicted octanol–water partition coefficient (Wildman–Crippen LogP) is 6.82. The summed E-state index contributed by atoms with van der Waals surface area (Å²) in [6, 6.07) is 50.6. The molecule has 6 aromatic carbocycles. The van der Waals surface area contributed by atoms with Crippen LogP contribution in [0.2, 0.25) is 0 Å². The number of hydrogen-bond acceptors (Lipinski definition) is 0. The molecule has 8 rings (SSSR count). The lowest BCUT2D eigenvalue weighted by atomic mass is 10.0. The van der Waals surface area contributed by atoms with Crippen molar-refractivity contribution in [2.75, 3.05) is 0 Å². The summed E-state index contributed by atoms with van der Waals surface area (Å²) < 4.78 is 0. The molecule has 0 aromatic heterocycles. The lowest BCUT2D eigenvalue weighted by Crippen LogP contribution is -2.76. The van der Waals surface area contributed by atoms with E-state index in [0.717, 1.165) is 12.8 Å². The molecule has 0 bridgehead atoms. The topological polar surface area (TPSA) is 0 Å². The van der Waals surface area contributed by atoms with Crippen molar-refractivity contribution in [3.8, 4) is 22.3 Å². The molecule has 0 amide bonds. The highest BCUT2D eigenvalue weighted by molar-refractivity contribution is 7.20. The molecule has 0 aliphatic heterocycles. The highest BCUT2D eigenvalue weighted by Crippen LogP contribution is 2.40. The van der Waals surface area contributed by atoms with E-state index in [1.807, 2.05) is 0 Å². The van der Waals surface area contributed by atoms with Crippen LogP contribution in [0.15, 0.2) is 133 Å². The third-order valence-electron chi connectivity index (χ3n) is 9.77. The highest BCUT2D eigenvalue weighted by Gasteiger charge is 2.45. The first-order valence-corrected chi connectivity index (χ1v) is 16.7. The van der Waals surface area contributed by atoms with Crippen LogP contribution < -0.4 is 20.7 Å². The molecule has 0 radical (unpaired) electrons. The zero-order valence-corrected chi connectivity index (χ0v) is 24.6. The van der Waals surface area contributed by atoms with Crippen LogP contribution in [0.3, 0.4) is 0 Å². The Labute approximate surface area is 244 Å². The van der Waals surface area contributed by atoms with E-state index in [1.54, 1.807) is 0 Å². The Morgan fingerprint density at radius 3 is 1.22 bits per heavy atom. The maximum atomic E-state index is 2.49. The van der Waals surface area contributed by atoms with Gasteiger partial charge in [-0.05, 0) is 103 Å². The van der Waals surface area contributed by atoms with E-state index in [9.17, 15) is 0 Å². The van der Waals surface area contributed by atoms with Gasteiger partial charge in [0.15, 0.2) is 8.07 Å². The van der Waals surface area contributed by atoms with Crippen LogP contribution in [0, 0.1) is 13.8 Å². The van der Waals surface area contributed by atoms with Crippen molar-refractivity contribution in [2.24, 2.45) is 0 Å². The van der Waals surface area contributed by atoms with Crippen LogP contribution in [0.4, 0.5) is 0 Å². The van der Waals surface area contributed by atoms with E-state index in [1.165, 1.54) is 76.4 Å². The summed E-state index contributed by atoms with van der Waals surface area (Å²) in [4.78, 5) is 0. The third kappa shape index (κ3) is 3.46. The normalized spacial score (nSPS) is 12.9. The van der Waals surface area contributed by atoms with Crippen molar-refractivity contribution < 1.29 is 0 Å². The molecule has 0 nitrogen and oxygen atoms in total. The minimum absolute atomic E-state index is 1.01. The minimum atomic E-state index is -2.68. The molecule has 0 heterocycles. The fourth-order valence-electron chi connectivity index (χ4n) is 7.85. The van der Waals surface area contributed by atoms with Crippen molar-refractivity contribution in [3.05, 3.63) is 167 Å². The van der Waals surface area contributed by atoms with Gasteiger partial charge in [-0.3, -0.25) is 0 Å². The van der Waals surface area contributed by atoms with Gasteiger partial charge in [-0.2, -0.15) is 0 Å². The molecular weight excluding hydrogens is 509 g/mol. The molecule has 0 saturated carbocycles. The first kappa shape index (κ1) is 24.3. The van der Waals surface area contributed by atoms with Crippen LogP contribution in [0.5, 0.6) is 0 Å². The number of benzene rings is 6. The second-order valence-corrected chi connectivity index (χ2v) is 15.4. The Balaban J connectivity index is 1.46. The maximum Gasteiger partial charge on any atom is 0.180 e. The summed E-state index contributed by atoms with van der Waals surface area (Å²) in [5.41, 5.74) is 14.4. The van der Waals surface area contributed by atoms with Gasteiger partial charge in [0, 0.05) is 0 Å². The average Bonchev–Trinajstić information content (AvgIpc) is 3.60. The average molecular weight is 541 g/mol. The Hall–Kier alpha value is -4.46. The van der Waals surface area contributed by atoms with Gasteiger partial charge in [0.05, 0.1) is 0 Å². The molecular formula is C40H32Si. The quantitative estimate of drug-likeness (QED) is 0.170. The van der Waals surface area contributed by atoms with Gasteiger partial charge in [0.2, 0.25) is 0 Å². The van der Waals surface area contributed by atoms with E-state index in [4.69, 9.17) is 0 Å². The van der Waals surface area contributed by atoms with Gasteiger partial charge in [0.1, 0.15) is 0 Å². The van der Waals surface area contributed by atoms with Crippen molar-refractivity contribution in [1.82, 2.24) is 0 Å². The first-order valence-electron chi connectivity index (χ1n) is 14.7. The Bertz CT molecular complexity index is 1810. The van der Waals surface area contributed by atoms with Crippen molar-refractivity contribution in [2.45, 2.75) is 26.7 Å². The molecule has 6 aromatic rings. The fraction of sp³-hybridized carbons (Fsp3) is 0.100. The molecule has 0 N–H and O–H groups in total. The monoisotopic (exact) mass is 540 g/mol. The molecule has 2 aliphatic rings. The van der Waals surface area contributed by atoms with E-state index < -0.39 is 8.07 Å². The van der Waals surface area contributed by atoms with Gasteiger partial charge in [-0.1, -0.05) is 133 Å². The Morgan fingerprint density at radius 1 is 0.390 bits per heavy atom. The standard InChI is InChI=1S/C40H32Si/c1-27-37-25-29-13-9-11-19-33(29)35(37)21-23-39(27)41(31-15-5-3-6-16-31,32-17-7-4-8-18-32)40-24-22-36-34-20-12-10-14-30(34)26-38(36)28(40)2/h3-24H,25-26H2,1-2H3. The van der Waals surface area contributed by atoms with E-state index in [-0.39, 0.29) is 0 Å². The molecule has 1 heteroatoms. The summed E-state index contributed by atoms with van der Waals surface area (Å²) in [6.07, 6.45) is 2.02. The SMILES string of the molecule is Cc1c([Si](c2ccccc2)(c2ccccc2)c2ccc3c(c2C)Cc2ccccc2-3)ccc2c1Cc1ccccc1-2. The molecule has 2 aliphatic carbocycles. The number of rotatable bonds is 4. The molecule has 0 unspecified atom stereocenters. The molecule has 196 valence electrons. The molecule has 41 heavy (non-hydrogen) atoms.